The lowest BCUT2D eigenvalue weighted by atomic mass is 10.2. The van der Waals surface area contributed by atoms with Crippen LogP contribution in [0, 0.1) is 0 Å². The van der Waals surface area contributed by atoms with Gasteiger partial charge in [0.15, 0.2) is 9.84 Å². The van der Waals surface area contributed by atoms with E-state index in [1.54, 1.807) is 49.9 Å². The van der Waals surface area contributed by atoms with E-state index in [9.17, 15) is 13.2 Å². The summed E-state index contributed by atoms with van der Waals surface area (Å²) < 4.78 is 34.1. The predicted molar refractivity (Wildman–Crippen MR) is 118 cm³/mol. The first-order valence-electron chi connectivity index (χ1n) is 9.24. The number of thiophene rings is 1. The Hall–Kier alpha value is -2.03. The number of carbonyl (C=O) groups excluding carboxylic acids is 1. The Kier molecular flexibility index (Phi) is 6.87. The van der Waals surface area contributed by atoms with Crippen LogP contribution in [0.1, 0.15) is 36.0 Å². The number of hydrogen-bond acceptors (Lipinski definition) is 6. The molecule has 0 atom stereocenters. The van der Waals surface area contributed by atoms with Crippen molar-refractivity contribution in [3.8, 4) is 5.69 Å². The van der Waals surface area contributed by atoms with Gasteiger partial charge in [0, 0.05) is 18.1 Å². The molecule has 1 aromatic carbocycles. The smallest absolute Gasteiger partial charge is 0.350 e. The maximum absolute atomic E-state index is 13.3. The summed E-state index contributed by atoms with van der Waals surface area (Å²) in [4.78, 5) is 13.2. The first-order valence-corrected chi connectivity index (χ1v) is 12.6. The number of nitrogens with zero attached hydrogens (tertiary/aromatic N) is 1. The van der Waals surface area contributed by atoms with Gasteiger partial charge in [0.1, 0.15) is 9.77 Å². The minimum atomic E-state index is -3.64. The van der Waals surface area contributed by atoms with Crippen LogP contribution >= 0.6 is 23.1 Å². The highest BCUT2D eigenvalue weighted by Gasteiger charge is 2.34. The normalized spacial score (nSPS) is 11.7. The van der Waals surface area contributed by atoms with Crippen molar-refractivity contribution in [2.45, 2.75) is 40.9 Å². The van der Waals surface area contributed by atoms with Crippen molar-refractivity contribution >= 4 is 38.9 Å². The Morgan fingerprint density at radius 3 is 2.38 bits per heavy atom. The first-order chi connectivity index (χ1) is 13.9. The topological polar surface area (TPSA) is 65.4 Å². The number of rotatable bonds is 8. The quantitative estimate of drug-likeness (QED) is 0.350. The molecule has 5 nitrogen and oxygen atoms in total. The molecule has 0 N–H and O–H groups in total. The number of hydrogen-bond donors (Lipinski definition) is 0. The van der Waals surface area contributed by atoms with E-state index < -0.39 is 21.1 Å². The van der Waals surface area contributed by atoms with E-state index >= 15 is 0 Å². The second-order valence-electron chi connectivity index (χ2n) is 6.58. The lowest BCUT2D eigenvalue weighted by Gasteiger charge is -2.13. The van der Waals surface area contributed by atoms with E-state index in [2.05, 4.69) is 0 Å². The molecule has 0 fully saturated rings. The summed E-state index contributed by atoms with van der Waals surface area (Å²) in [6.45, 7) is 5.27. The molecule has 2 heterocycles. The van der Waals surface area contributed by atoms with Gasteiger partial charge in [-0.15, -0.1) is 23.1 Å². The standard InChI is InChI=1S/C21H23NO4S3/c1-4-26-20(23)18-17(22-12-8-9-13-22)19(29(24,25)15(2)3)21(28-18)27-14-16-10-6-5-7-11-16/h5-13,15H,4,14H2,1-3H3. The molecule has 8 heteroatoms. The van der Waals surface area contributed by atoms with Crippen LogP contribution in [0.15, 0.2) is 64.0 Å². The maximum Gasteiger partial charge on any atom is 0.350 e. The molecule has 3 aromatic rings. The Morgan fingerprint density at radius 1 is 1.14 bits per heavy atom. The highest BCUT2D eigenvalue weighted by Crippen LogP contribution is 2.44. The second kappa shape index (κ2) is 9.19. The van der Waals surface area contributed by atoms with E-state index in [4.69, 9.17) is 4.74 Å². The van der Waals surface area contributed by atoms with Crippen LogP contribution in [0.4, 0.5) is 0 Å². The lowest BCUT2D eigenvalue weighted by molar-refractivity contribution is 0.0532. The van der Waals surface area contributed by atoms with Gasteiger partial charge < -0.3 is 9.30 Å². The molecule has 2 aromatic heterocycles. The number of aromatic nitrogens is 1. The number of carbonyl (C=O) groups is 1. The second-order valence-corrected chi connectivity index (χ2v) is 11.3. The molecule has 0 saturated heterocycles. The number of sulfone groups is 1. The Labute approximate surface area is 179 Å². The first kappa shape index (κ1) is 21.7. The van der Waals surface area contributed by atoms with Crippen molar-refractivity contribution in [3.05, 3.63) is 65.3 Å². The summed E-state index contributed by atoms with van der Waals surface area (Å²) in [6.07, 6.45) is 3.49. The van der Waals surface area contributed by atoms with Crippen LogP contribution in [-0.2, 0) is 20.3 Å². The zero-order valence-corrected chi connectivity index (χ0v) is 18.9. The molecule has 3 rings (SSSR count). The fourth-order valence-electron chi connectivity index (χ4n) is 2.74. The largest absolute Gasteiger partial charge is 0.462 e. The Bertz CT molecular complexity index is 1070. The molecule has 29 heavy (non-hydrogen) atoms. The summed E-state index contributed by atoms with van der Waals surface area (Å²) in [6, 6.07) is 13.4. The molecule has 0 saturated carbocycles. The monoisotopic (exact) mass is 449 g/mol. The summed E-state index contributed by atoms with van der Waals surface area (Å²) >= 11 is 2.61. The molecule has 0 spiro atoms. The third kappa shape index (κ3) is 4.60. The van der Waals surface area contributed by atoms with Crippen LogP contribution in [0.25, 0.3) is 5.69 Å². The van der Waals surface area contributed by atoms with Gasteiger partial charge in [-0.25, -0.2) is 13.2 Å². The molecule has 0 unspecified atom stereocenters. The number of ether oxygens (including phenoxy) is 1. The van der Waals surface area contributed by atoms with E-state index in [-0.39, 0.29) is 11.5 Å². The van der Waals surface area contributed by atoms with Crippen LogP contribution in [-0.4, -0.2) is 30.8 Å². The van der Waals surface area contributed by atoms with Crippen molar-refractivity contribution in [2.24, 2.45) is 0 Å². The molecular weight excluding hydrogens is 426 g/mol. The number of thioether (sulfide) groups is 1. The van der Waals surface area contributed by atoms with E-state index in [0.717, 1.165) is 5.56 Å². The summed E-state index contributed by atoms with van der Waals surface area (Å²) in [7, 11) is -3.64. The lowest BCUT2D eigenvalue weighted by Crippen LogP contribution is -2.17. The van der Waals surface area contributed by atoms with Gasteiger partial charge >= 0.3 is 5.97 Å². The van der Waals surface area contributed by atoms with Crippen molar-refractivity contribution in [3.63, 3.8) is 0 Å². The van der Waals surface area contributed by atoms with E-state index in [1.807, 2.05) is 30.3 Å². The number of benzene rings is 1. The van der Waals surface area contributed by atoms with Crippen molar-refractivity contribution in [1.82, 2.24) is 4.57 Å². The van der Waals surface area contributed by atoms with Gasteiger partial charge in [-0.05, 0) is 38.5 Å². The van der Waals surface area contributed by atoms with Gasteiger partial charge in [0.05, 0.1) is 21.8 Å². The van der Waals surface area contributed by atoms with Crippen LogP contribution in [0.5, 0.6) is 0 Å². The predicted octanol–water partition coefficient (Wildman–Crippen LogP) is 5.19. The fraction of sp³-hybridized carbons (Fsp3) is 0.286. The highest BCUT2D eigenvalue weighted by molar-refractivity contribution is 8.01. The van der Waals surface area contributed by atoms with Gasteiger partial charge in [0.2, 0.25) is 0 Å². The minimum absolute atomic E-state index is 0.206. The van der Waals surface area contributed by atoms with Gasteiger partial charge in [-0.2, -0.15) is 0 Å². The summed E-state index contributed by atoms with van der Waals surface area (Å²) in [5.41, 5.74) is 1.46. The third-order valence-electron chi connectivity index (χ3n) is 4.25. The van der Waals surface area contributed by atoms with Crippen molar-refractivity contribution in [1.29, 1.82) is 0 Å². The average Bonchev–Trinajstić information content (AvgIpc) is 3.35. The fourth-order valence-corrected chi connectivity index (χ4v) is 7.19. The Morgan fingerprint density at radius 2 is 1.79 bits per heavy atom. The molecule has 0 bridgehead atoms. The minimum Gasteiger partial charge on any atom is -0.462 e. The molecule has 0 aliphatic rings. The van der Waals surface area contributed by atoms with Gasteiger partial charge in [-0.3, -0.25) is 0 Å². The zero-order chi connectivity index (χ0) is 21.0. The van der Waals surface area contributed by atoms with Crippen LogP contribution in [0.2, 0.25) is 0 Å². The maximum atomic E-state index is 13.3. The Balaban J connectivity index is 2.18. The number of esters is 1. The summed E-state index contributed by atoms with van der Waals surface area (Å²) in [5.74, 6) is 0.1000. The highest BCUT2D eigenvalue weighted by atomic mass is 32.2. The van der Waals surface area contributed by atoms with Gasteiger partial charge in [0.25, 0.3) is 0 Å². The van der Waals surface area contributed by atoms with E-state index in [1.165, 1.54) is 23.1 Å². The zero-order valence-electron chi connectivity index (χ0n) is 16.5. The van der Waals surface area contributed by atoms with Crippen LogP contribution < -0.4 is 0 Å². The molecule has 154 valence electrons. The molecule has 0 aliphatic heterocycles. The van der Waals surface area contributed by atoms with E-state index in [0.29, 0.717) is 20.5 Å². The van der Waals surface area contributed by atoms with Gasteiger partial charge in [-0.1, -0.05) is 30.3 Å². The van der Waals surface area contributed by atoms with Crippen molar-refractivity contribution in [2.75, 3.05) is 6.61 Å². The molecule has 0 amide bonds. The summed E-state index contributed by atoms with van der Waals surface area (Å²) in [5, 5.41) is -0.613. The van der Waals surface area contributed by atoms with Crippen molar-refractivity contribution < 1.29 is 17.9 Å². The average molecular weight is 450 g/mol. The third-order valence-corrected chi connectivity index (χ3v) is 9.22. The molecule has 0 aliphatic carbocycles. The molecule has 0 radical (unpaired) electrons. The molecular formula is C21H23NO4S3. The SMILES string of the molecule is CCOC(=O)c1sc(SCc2ccccc2)c(S(=O)(=O)C(C)C)c1-n1cccc1. The van der Waals surface area contributed by atoms with Crippen LogP contribution in [0.3, 0.4) is 0 Å².